The number of rotatable bonds is 6. The SMILES string of the molecule is COc1cccc(NC(=S)NCCCc2cccc(C)c2)c1. The van der Waals surface area contributed by atoms with Crippen LogP contribution in [-0.4, -0.2) is 18.8 Å². The topological polar surface area (TPSA) is 33.3 Å². The molecule has 2 N–H and O–H groups in total. The van der Waals surface area contributed by atoms with E-state index in [1.54, 1.807) is 7.11 Å². The predicted molar refractivity (Wildman–Crippen MR) is 96.7 cm³/mol. The molecule has 0 amide bonds. The van der Waals surface area contributed by atoms with Crippen molar-refractivity contribution in [1.29, 1.82) is 0 Å². The van der Waals surface area contributed by atoms with Crippen LogP contribution in [0.3, 0.4) is 0 Å². The molecule has 0 aliphatic heterocycles. The van der Waals surface area contributed by atoms with E-state index in [4.69, 9.17) is 17.0 Å². The molecule has 2 rings (SSSR count). The van der Waals surface area contributed by atoms with Crippen molar-refractivity contribution in [1.82, 2.24) is 5.32 Å². The van der Waals surface area contributed by atoms with Gasteiger partial charge in [0.25, 0.3) is 0 Å². The molecule has 0 spiro atoms. The lowest BCUT2D eigenvalue weighted by atomic mass is 10.1. The van der Waals surface area contributed by atoms with Crippen LogP contribution in [0.2, 0.25) is 0 Å². The van der Waals surface area contributed by atoms with Crippen LogP contribution < -0.4 is 15.4 Å². The summed E-state index contributed by atoms with van der Waals surface area (Å²) in [5, 5.41) is 7.03. The molecule has 0 fully saturated rings. The van der Waals surface area contributed by atoms with Crippen molar-refractivity contribution >= 4 is 23.0 Å². The smallest absolute Gasteiger partial charge is 0.170 e. The van der Waals surface area contributed by atoms with Crippen LogP contribution in [0.5, 0.6) is 5.75 Å². The Bertz CT molecular complexity index is 628. The van der Waals surface area contributed by atoms with Gasteiger partial charge in [-0.05, 0) is 49.7 Å². The zero-order valence-electron chi connectivity index (χ0n) is 13.1. The van der Waals surface area contributed by atoms with Crippen molar-refractivity contribution in [2.24, 2.45) is 0 Å². The van der Waals surface area contributed by atoms with Crippen LogP contribution >= 0.6 is 12.2 Å². The fourth-order valence-electron chi connectivity index (χ4n) is 2.24. The number of hydrogen-bond donors (Lipinski definition) is 2. The van der Waals surface area contributed by atoms with E-state index in [0.717, 1.165) is 30.8 Å². The lowest BCUT2D eigenvalue weighted by molar-refractivity contribution is 0.415. The Kier molecular flexibility index (Phi) is 6.22. The van der Waals surface area contributed by atoms with Crippen molar-refractivity contribution < 1.29 is 4.74 Å². The molecular weight excluding hydrogens is 292 g/mol. The van der Waals surface area contributed by atoms with E-state index in [-0.39, 0.29) is 0 Å². The maximum atomic E-state index is 5.30. The zero-order chi connectivity index (χ0) is 15.8. The Morgan fingerprint density at radius 1 is 1.14 bits per heavy atom. The van der Waals surface area contributed by atoms with Crippen LogP contribution in [0.4, 0.5) is 5.69 Å². The van der Waals surface area contributed by atoms with E-state index < -0.39 is 0 Å². The maximum Gasteiger partial charge on any atom is 0.170 e. The molecule has 0 saturated carbocycles. The van der Waals surface area contributed by atoms with E-state index >= 15 is 0 Å². The van der Waals surface area contributed by atoms with Crippen molar-refractivity contribution in [2.75, 3.05) is 19.0 Å². The van der Waals surface area contributed by atoms with Gasteiger partial charge in [-0.3, -0.25) is 0 Å². The summed E-state index contributed by atoms with van der Waals surface area (Å²) < 4.78 is 5.19. The van der Waals surface area contributed by atoms with Crippen molar-refractivity contribution in [3.05, 3.63) is 59.7 Å². The Morgan fingerprint density at radius 3 is 2.73 bits per heavy atom. The first kappa shape index (κ1) is 16.3. The highest BCUT2D eigenvalue weighted by Gasteiger charge is 1.99. The molecule has 0 heterocycles. The molecule has 0 aromatic heterocycles. The predicted octanol–water partition coefficient (Wildman–Crippen LogP) is 3.92. The third-order valence-electron chi connectivity index (χ3n) is 3.34. The number of hydrogen-bond acceptors (Lipinski definition) is 2. The number of benzene rings is 2. The van der Waals surface area contributed by atoms with Gasteiger partial charge in [-0.1, -0.05) is 35.9 Å². The largest absolute Gasteiger partial charge is 0.497 e. The highest BCUT2D eigenvalue weighted by atomic mass is 32.1. The van der Waals surface area contributed by atoms with Gasteiger partial charge < -0.3 is 15.4 Å². The van der Waals surface area contributed by atoms with Crippen LogP contribution in [0.15, 0.2) is 48.5 Å². The third kappa shape index (κ3) is 5.37. The van der Waals surface area contributed by atoms with Gasteiger partial charge in [0.15, 0.2) is 5.11 Å². The van der Waals surface area contributed by atoms with Gasteiger partial charge in [-0.2, -0.15) is 0 Å². The summed E-state index contributed by atoms with van der Waals surface area (Å²) in [6.07, 6.45) is 2.10. The number of aryl methyl sites for hydroxylation is 2. The van der Waals surface area contributed by atoms with E-state index in [9.17, 15) is 0 Å². The number of anilines is 1. The average molecular weight is 314 g/mol. The van der Waals surface area contributed by atoms with E-state index in [0.29, 0.717) is 5.11 Å². The minimum Gasteiger partial charge on any atom is -0.497 e. The van der Waals surface area contributed by atoms with Gasteiger partial charge >= 0.3 is 0 Å². The van der Waals surface area contributed by atoms with Gasteiger partial charge in [-0.15, -0.1) is 0 Å². The fraction of sp³-hybridized carbons (Fsp3) is 0.278. The third-order valence-corrected chi connectivity index (χ3v) is 3.58. The molecule has 0 radical (unpaired) electrons. The first-order valence-corrected chi connectivity index (χ1v) is 7.82. The minimum atomic E-state index is 0.637. The lowest BCUT2D eigenvalue weighted by Gasteiger charge is -2.11. The molecule has 0 aliphatic rings. The summed E-state index contributed by atoms with van der Waals surface area (Å²) in [4.78, 5) is 0. The second kappa shape index (κ2) is 8.39. The monoisotopic (exact) mass is 314 g/mol. The molecule has 2 aromatic carbocycles. The zero-order valence-corrected chi connectivity index (χ0v) is 13.9. The van der Waals surface area contributed by atoms with Crippen molar-refractivity contribution in [3.8, 4) is 5.75 Å². The van der Waals surface area contributed by atoms with Crippen LogP contribution in [0.1, 0.15) is 17.5 Å². The van der Waals surface area contributed by atoms with Gasteiger partial charge in [0, 0.05) is 18.3 Å². The Labute approximate surface area is 137 Å². The molecule has 2 aromatic rings. The Morgan fingerprint density at radius 2 is 1.95 bits per heavy atom. The molecule has 0 saturated heterocycles. The molecule has 3 nitrogen and oxygen atoms in total. The standard InChI is InChI=1S/C18H22N2OS/c1-14-6-3-7-15(12-14)8-5-11-19-18(22)20-16-9-4-10-17(13-16)21-2/h3-4,6-7,9-10,12-13H,5,8,11H2,1-2H3,(H2,19,20,22). The summed E-state index contributed by atoms with van der Waals surface area (Å²) in [6, 6.07) is 16.3. The quantitative estimate of drug-likeness (QED) is 0.625. The van der Waals surface area contributed by atoms with Gasteiger partial charge in [-0.25, -0.2) is 0 Å². The maximum absolute atomic E-state index is 5.30. The van der Waals surface area contributed by atoms with Gasteiger partial charge in [0.2, 0.25) is 0 Å². The van der Waals surface area contributed by atoms with Crippen molar-refractivity contribution in [2.45, 2.75) is 19.8 Å². The van der Waals surface area contributed by atoms with Crippen LogP contribution in [0.25, 0.3) is 0 Å². The molecule has 116 valence electrons. The highest BCUT2D eigenvalue weighted by molar-refractivity contribution is 7.80. The van der Waals surface area contributed by atoms with Crippen LogP contribution in [-0.2, 0) is 6.42 Å². The van der Waals surface area contributed by atoms with E-state index in [1.807, 2.05) is 24.3 Å². The lowest BCUT2D eigenvalue weighted by Crippen LogP contribution is -2.29. The molecule has 0 aliphatic carbocycles. The number of nitrogens with one attached hydrogen (secondary N) is 2. The summed E-state index contributed by atoms with van der Waals surface area (Å²) >= 11 is 5.30. The first-order chi connectivity index (χ1) is 10.7. The van der Waals surface area contributed by atoms with E-state index in [2.05, 4.69) is 41.8 Å². The Hall–Kier alpha value is -2.07. The van der Waals surface area contributed by atoms with Gasteiger partial charge in [0.1, 0.15) is 5.75 Å². The molecule has 22 heavy (non-hydrogen) atoms. The molecule has 4 heteroatoms. The van der Waals surface area contributed by atoms with Crippen LogP contribution in [0, 0.1) is 6.92 Å². The summed E-state index contributed by atoms with van der Waals surface area (Å²) in [7, 11) is 1.65. The fourth-order valence-corrected chi connectivity index (χ4v) is 2.46. The molecule has 0 bridgehead atoms. The van der Waals surface area contributed by atoms with Gasteiger partial charge in [0.05, 0.1) is 7.11 Å². The van der Waals surface area contributed by atoms with E-state index in [1.165, 1.54) is 11.1 Å². The number of methoxy groups -OCH3 is 1. The number of ether oxygens (including phenoxy) is 1. The number of thiocarbonyl (C=S) groups is 1. The highest BCUT2D eigenvalue weighted by Crippen LogP contribution is 2.16. The second-order valence-electron chi connectivity index (χ2n) is 5.21. The summed E-state index contributed by atoms with van der Waals surface area (Å²) in [6.45, 7) is 2.97. The minimum absolute atomic E-state index is 0.637. The molecular formula is C18H22N2OS. The summed E-state index contributed by atoms with van der Waals surface area (Å²) in [5.41, 5.74) is 3.60. The molecule has 0 unspecified atom stereocenters. The molecule has 0 atom stereocenters. The normalized spacial score (nSPS) is 10.1. The summed E-state index contributed by atoms with van der Waals surface area (Å²) in [5.74, 6) is 0.812. The average Bonchev–Trinajstić information content (AvgIpc) is 2.52. The first-order valence-electron chi connectivity index (χ1n) is 7.42. The Balaban J connectivity index is 1.71. The van der Waals surface area contributed by atoms with Crippen molar-refractivity contribution in [3.63, 3.8) is 0 Å². The second-order valence-corrected chi connectivity index (χ2v) is 5.61.